The molecule has 42 heavy (non-hydrogen) atoms. The second kappa shape index (κ2) is 10.5. The van der Waals surface area contributed by atoms with E-state index in [-0.39, 0.29) is 28.2 Å². The molecule has 1 N–H and O–H groups in total. The standard InChI is InChI=1S/C30H28N6O5S/c1-19-5-8-23(9-6-19)42(40,41)35-18-26(24-4-3-13-31-30(24)35)21-7-10-27-25(16-21)29(28(17-32-27)36(38)39)33-22-11-14-34(15-12-22)20(2)37/h3-10,13,16-18,22H,11-12,14-15H2,1-2H3,(H,32,33). The van der Waals surface area contributed by atoms with E-state index in [4.69, 9.17) is 0 Å². The monoisotopic (exact) mass is 584 g/mol. The van der Waals surface area contributed by atoms with Crippen molar-refractivity contribution in [2.75, 3.05) is 18.4 Å². The van der Waals surface area contributed by atoms with E-state index >= 15 is 0 Å². The number of likely N-dealkylation sites (tertiary alicyclic amines) is 1. The summed E-state index contributed by atoms with van der Waals surface area (Å²) in [6, 6.07) is 15.5. The molecule has 0 saturated carbocycles. The number of hydrogen-bond donors (Lipinski definition) is 1. The van der Waals surface area contributed by atoms with Crippen molar-refractivity contribution in [1.82, 2.24) is 18.8 Å². The fourth-order valence-corrected chi connectivity index (χ4v) is 6.77. The molecule has 3 aromatic heterocycles. The van der Waals surface area contributed by atoms with E-state index in [9.17, 15) is 23.3 Å². The summed E-state index contributed by atoms with van der Waals surface area (Å²) >= 11 is 0. The molecule has 0 bridgehead atoms. The predicted octanol–water partition coefficient (Wildman–Crippen LogP) is 5.13. The quantitative estimate of drug-likeness (QED) is 0.214. The highest BCUT2D eigenvalue weighted by Gasteiger charge is 2.27. The topological polar surface area (TPSA) is 140 Å². The summed E-state index contributed by atoms with van der Waals surface area (Å²) in [6.45, 7) is 4.56. The molecular weight excluding hydrogens is 556 g/mol. The molecule has 11 nitrogen and oxygen atoms in total. The molecule has 5 aromatic rings. The number of nitrogens with one attached hydrogen (secondary N) is 1. The van der Waals surface area contributed by atoms with E-state index in [1.54, 1.807) is 65.8 Å². The highest BCUT2D eigenvalue weighted by atomic mass is 32.2. The van der Waals surface area contributed by atoms with Gasteiger partial charge in [-0.05, 0) is 61.7 Å². The Hall–Kier alpha value is -4.84. The number of hydrogen-bond acceptors (Lipinski definition) is 8. The van der Waals surface area contributed by atoms with Crippen LogP contribution in [0.5, 0.6) is 0 Å². The Kier molecular flexibility index (Phi) is 6.85. The van der Waals surface area contributed by atoms with Crippen LogP contribution in [0.2, 0.25) is 0 Å². The van der Waals surface area contributed by atoms with E-state index in [2.05, 4.69) is 15.3 Å². The Balaban J connectivity index is 1.47. The van der Waals surface area contributed by atoms with Crippen molar-refractivity contribution in [2.45, 2.75) is 37.6 Å². The lowest BCUT2D eigenvalue weighted by atomic mass is 10.0. The number of carbonyl (C=O) groups excluding carboxylic acids is 1. The van der Waals surface area contributed by atoms with Crippen LogP contribution in [-0.4, -0.2) is 57.2 Å². The number of nitro groups is 1. The lowest BCUT2D eigenvalue weighted by Crippen LogP contribution is -2.41. The average Bonchev–Trinajstić information content (AvgIpc) is 3.38. The molecule has 1 fully saturated rings. The molecule has 12 heteroatoms. The van der Waals surface area contributed by atoms with Gasteiger partial charge in [0.2, 0.25) is 5.91 Å². The summed E-state index contributed by atoms with van der Waals surface area (Å²) in [5.41, 5.74) is 3.25. The van der Waals surface area contributed by atoms with E-state index in [1.165, 1.54) is 17.1 Å². The first-order valence-corrected chi connectivity index (χ1v) is 15.0. The van der Waals surface area contributed by atoms with Crippen molar-refractivity contribution < 1.29 is 18.1 Å². The van der Waals surface area contributed by atoms with Gasteiger partial charge in [-0.15, -0.1) is 0 Å². The largest absolute Gasteiger partial charge is 0.376 e. The first-order chi connectivity index (χ1) is 20.1. The van der Waals surface area contributed by atoms with Gasteiger partial charge in [0.05, 0.1) is 15.3 Å². The molecule has 214 valence electrons. The number of benzene rings is 2. The molecular formula is C30H28N6O5S. The third-order valence-corrected chi connectivity index (χ3v) is 9.42. The van der Waals surface area contributed by atoms with Crippen molar-refractivity contribution in [1.29, 1.82) is 0 Å². The molecule has 0 aliphatic carbocycles. The van der Waals surface area contributed by atoms with Crippen molar-refractivity contribution >= 4 is 49.2 Å². The van der Waals surface area contributed by atoms with Crippen LogP contribution in [0, 0.1) is 17.0 Å². The summed E-state index contributed by atoms with van der Waals surface area (Å²) in [7, 11) is -3.96. The van der Waals surface area contributed by atoms with Crippen molar-refractivity contribution in [3.63, 3.8) is 0 Å². The maximum absolute atomic E-state index is 13.7. The highest BCUT2D eigenvalue weighted by Crippen LogP contribution is 2.38. The highest BCUT2D eigenvalue weighted by molar-refractivity contribution is 7.90. The first kappa shape index (κ1) is 27.3. The molecule has 6 rings (SSSR count). The maximum Gasteiger partial charge on any atom is 0.311 e. The molecule has 1 saturated heterocycles. The Morgan fingerprint density at radius 2 is 1.79 bits per heavy atom. The van der Waals surface area contributed by atoms with Crippen LogP contribution in [0.25, 0.3) is 33.1 Å². The molecule has 1 aliphatic heterocycles. The molecule has 0 spiro atoms. The molecule has 2 aromatic carbocycles. The van der Waals surface area contributed by atoms with Gasteiger partial charge >= 0.3 is 5.69 Å². The van der Waals surface area contributed by atoms with Crippen LogP contribution in [0.1, 0.15) is 25.3 Å². The number of aromatic nitrogens is 3. The van der Waals surface area contributed by atoms with E-state index in [0.29, 0.717) is 59.0 Å². The number of amides is 1. The Morgan fingerprint density at radius 1 is 1.05 bits per heavy atom. The van der Waals surface area contributed by atoms with Gasteiger partial charge in [0, 0.05) is 54.8 Å². The van der Waals surface area contributed by atoms with Gasteiger partial charge < -0.3 is 10.2 Å². The van der Waals surface area contributed by atoms with Crippen LogP contribution >= 0.6 is 0 Å². The Bertz CT molecular complexity index is 1960. The summed E-state index contributed by atoms with van der Waals surface area (Å²) in [4.78, 5) is 34.0. The minimum Gasteiger partial charge on any atom is -0.376 e. The van der Waals surface area contributed by atoms with E-state index < -0.39 is 14.9 Å². The van der Waals surface area contributed by atoms with Crippen LogP contribution in [0.3, 0.4) is 0 Å². The molecule has 0 unspecified atom stereocenters. The zero-order chi connectivity index (χ0) is 29.6. The molecule has 0 atom stereocenters. The third kappa shape index (κ3) is 4.83. The Labute approximate surface area is 242 Å². The number of rotatable bonds is 6. The number of pyridine rings is 2. The number of fused-ring (bicyclic) bond motifs is 2. The lowest BCUT2D eigenvalue weighted by Gasteiger charge is -2.32. The first-order valence-electron chi connectivity index (χ1n) is 13.5. The number of aryl methyl sites for hydroxylation is 1. The van der Waals surface area contributed by atoms with Gasteiger partial charge in [-0.2, -0.15) is 0 Å². The van der Waals surface area contributed by atoms with Gasteiger partial charge in [-0.1, -0.05) is 23.8 Å². The number of nitrogens with zero attached hydrogens (tertiary/aromatic N) is 5. The summed E-state index contributed by atoms with van der Waals surface area (Å²) in [6.07, 6.45) is 5.63. The summed E-state index contributed by atoms with van der Waals surface area (Å²) < 4.78 is 28.5. The van der Waals surface area contributed by atoms with Crippen molar-refractivity contribution in [2.24, 2.45) is 0 Å². The van der Waals surface area contributed by atoms with Gasteiger partial charge in [-0.3, -0.25) is 14.9 Å². The van der Waals surface area contributed by atoms with Crippen molar-refractivity contribution in [3.05, 3.63) is 88.9 Å². The zero-order valence-electron chi connectivity index (χ0n) is 23.0. The van der Waals surface area contributed by atoms with Gasteiger partial charge in [0.25, 0.3) is 10.0 Å². The van der Waals surface area contributed by atoms with Gasteiger partial charge in [0.15, 0.2) is 5.65 Å². The van der Waals surface area contributed by atoms with Crippen molar-refractivity contribution in [3.8, 4) is 11.1 Å². The minimum absolute atomic E-state index is 0.0106. The SMILES string of the molecule is CC(=O)N1CCC(Nc2c([N+](=O)[O-])cnc3ccc(-c4cn(S(=O)(=O)c5ccc(C)cc5)c5ncccc45)cc23)CC1. The zero-order valence-corrected chi connectivity index (χ0v) is 23.8. The second-order valence-electron chi connectivity index (χ2n) is 10.5. The minimum atomic E-state index is -3.96. The average molecular weight is 585 g/mol. The predicted molar refractivity (Wildman–Crippen MR) is 160 cm³/mol. The summed E-state index contributed by atoms with van der Waals surface area (Å²) in [5, 5.41) is 16.6. The fraction of sp³-hybridized carbons (Fsp3) is 0.233. The van der Waals surface area contributed by atoms with Crippen LogP contribution in [0.4, 0.5) is 11.4 Å². The molecule has 1 amide bonds. The number of piperidine rings is 1. The van der Waals surface area contributed by atoms with E-state index in [1.807, 2.05) is 13.0 Å². The smallest absolute Gasteiger partial charge is 0.311 e. The molecule has 4 heterocycles. The van der Waals surface area contributed by atoms with E-state index in [0.717, 1.165) is 5.56 Å². The van der Waals surface area contributed by atoms with Crippen LogP contribution < -0.4 is 5.32 Å². The normalized spacial score (nSPS) is 14.4. The second-order valence-corrected chi connectivity index (χ2v) is 12.3. The number of anilines is 1. The summed E-state index contributed by atoms with van der Waals surface area (Å²) in [5.74, 6) is 0.0106. The molecule has 0 radical (unpaired) electrons. The van der Waals surface area contributed by atoms with Gasteiger partial charge in [-0.25, -0.2) is 22.4 Å². The molecule has 1 aliphatic rings. The van der Waals surface area contributed by atoms with Crippen LogP contribution in [-0.2, 0) is 14.8 Å². The Morgan fingerprint density at radius 3 is 2.48 bits per heavy atom. The maximum atomic E-state index is 13.7. The fourth-order valence-electron chi connectivity index (χ4n) is 5.45. The van der Waals surface area contributed by atoms with Crippen LogP contribution in [0.15, 0.2) is 78.1 Å². The van der Waals surface area contributed by atoms with Gasteiger partial charge in [0.1, 0.15) is 11.9 Å². The third-order valence-electron chi connectivity index (χ3n) is 7.75. The number of carbonyl (C=O) groups is 1. The lowest BCUT2D eigenvalue weighted by molar-refractivity contribution is -0.384.